The summed E-state index contributed by atoms with van der Waals surface area (Å²) in [5.74, 6) is 2.54. The minimum Gasteiger partial charge on any atom is -0.476 e. The fourth-order valence-electron chi connectivity index (χ4n) is 9.59. The topological polar surface area (TPSA) is 104 Å². The number of aliphatic hydroxyl groups is 2. The third-order valence-electron chi connectivity index (χ3n) is 11.3. The van der Waals surface area contributed by atoms with E-state index in [9.17, 15) is 15.0 Å². The first-order valence-electron chi connectivity index (χ1n) is 13.7. The van der Waals surface area contributed by atoms with E-state index < -0.39 is 5.97 Å². The van der Waals surface area contributed by atoms with E-state index in [1.54, 1.807) is 6.07 Å². The Morgan fingerprint density at radius 2 is 1.82 bits per heavy atom. The number of carboxylic acids is 1. The van der Waals surface area contributed by atoms with Gasteiger partial charge >= 0.3 is 5.97 Å². The molecular weight excluding hydrogens is 430 g/mol. The summed E-state index contributed by atoms with van der Waals surface area (Å²) in [7, 11) is 0. The van der Waals surface area contributed by atoms with Gasteiger partial charge in [-0.15, -0.1) is 0 Å². The van der Waals surface area contributed by atoms with Crippen LogP contribution in [0.3, 0.4) is 0 Å². The van der Waals surface area contributed by atoms with E-state index in [-0.39, 0.29) is 28.7 Å². The number of carboxylic acid groups (broad SMARTS) is 1. The first-order valence-corrected chi connectivity index (χ1v) is 13.7. The average Bonchev–Trinajstić information content (AvgIpc) is 3.40. The quantitative estimate of drug-likeness (QED) is 0.516. The van der Waals surface area contributed by atoms with Crippen molar-refractivity contribution >= 4 is 5.97 Å². The second-order valence-electron chi connectivity index (χ2n) is 12.6. The molecule has 0 amide bonds. The molecule has 0 aromatic carbocycles. The average molecular weight is 474 g/mol. The Hall–Kier alpha value is -1.40. The number of aryl methyl sites for hydroxylation is 1. The van der Waals surface area contributed by atoms with Crippen LogP contribution in [0.2, 0.25) is 0 Å². The third kappa shape index (κ3) is 3.75. The molecule has 3 N–H and O–H groups in total. The van der Waals surface area contributed by atoms with Gasteiger partial charge in [0, 0.05) is 12.5 Å². The van der Waals surface area contributed by atoms with Crippen molar-refractivity contribution in [1.29, 1.82) is 0 Å². The smallest absolute Gasteiger partial charge is 0.358 e. The van der Waals surface area contributed by atoms with Crippen molar-refractivity contribution in [2.45, 2.75) is 104 Å². The number of carbonyl (C=O) groups is 1. The van der Waals surface area contributed by atoms with Gasteiger partial charge in [0.15, 0.2) is 5.69 Å². The summed E-state index contributed by atoms with van der Waals surface area (Å²) in [6.07, 6.45) is 11.1. The van der Waals surface area contributed by atoms with E-state index in [2.05, 4.69) is 25.9 Å². The molecule has 6 nitrogen and oxygen atoms in total. The predicted molar refractivity (Wildman–Crippen MR) is 128 cm³/mol. The van der Waals surface area contributed by atoms with Crippen LogP contribution in [0.25, 0.3) is 0 Å². The highest BCUT2D eigenvalue weighted by Crippen LogP contribution is 2.69. The van der Waals surface area contributed by atoms with Crippen LogP contribution in [0.15, 0.2) is 10.6 Å². The standard InChI is InChI=1S/C28H43NO5/c1-4-19-22-14-17(30)10-12-28(22,3)21-11-13-27(2)16(8-9-20(27)24(21)25(19)31)6-5-7-18-15-23(26(32)33)29-34-18/h15-17,19-22,24-25,30-31H,4-14H2,1-3H3,(H,32,33)/t16-,17+,19+,20-,21-,22-,24-,25+,27+,28+/m0/s1. The summed E-state index contributed by atoms with van der Waals surface area (Å²) >= 11 is 0. The lowest BCUT2D eigenvalue weighted by molar-refractivity contribution is -0.202. The van der Waals surface area contributed by atoms with E-state index in [1.807, 2.05) is 0 Å². The van der Waals surface area contributed by atoms with Gasteiger partial charge < -0.3 is 19.8 Å². The Morgan fingerprint density at radius 3 is 2.53 bits per heavy atom. The summed E-state index contributed by atoms with van der Waals surface area (Å²) in [5.41, 5.74) is 0.503. The van der Waals surface area contributed by atoms with Gasteiger partial charge in [0.2, 0.25) is 0 Å². The van der Waals surface area contributed by atoms with Crippen LogP contribution in [0.4, 0.5) is 0 Å². The summed E-state index contributed by atoms with van der Waals surface area (Å²) in [4.78, 5) is 11.1. The van der Waals surface area contributed by atoms with Crippen molar-refractivity contribution in [3.05, 3.63) is 17.5 Å². The summed E-state index contributed by atoms with van der Waals surface area (Å²) in [5, 5.41) is 34.9. The van der Waals surface area contributed by atoms with Gasteiger partial charge in [0.1, 0.15) is 5.76 Å². The van der Waals surface area contributed by atoms with Crippen LogP contribution in [0.5, 0.6) is 0 Å². The number of aromatic carboxylic acids is 1. The van der Waals surface area contributed by atoms with E-state index in [0.717, 1.165) is 44.9 Å². The molecule has 1 aromatic rings. The van der Waals surface area contributed by atoms with Gasteiger partial charge in [-0.25, -0.2) is 4.79 Å². The highest BCUT2D eigenvalue weighted by atomic mass is 16.5. The fourth-order valence-corrected chi connectivity index (χ4v) is 9.59. The van der Waals surface area contributed by atoms with E-state index in [0.29, 0.717) is 41.3 Å². The van der Waals surface area contributed by atoms with Crippen LogP contribution >= 0.6 is 0 Å². The third-order valence-corrected chi connectivity index (χ3v) is 11.3. The molecule has 6 heteroatoms. The zero-order valence-corrected chi connectivity index (χ0v) is 21.1. The molecule has 1 heterocycles. The second kappa shape index (κ2) is 8.92. The van der Waals surface area contributed by atoms with Crippen molar-refractivity contribution in [2.75, 3.05) is 0 Å². The lowest BCUT2D eigenvalue weighted by atomic mass is 9.41. The number of hydrogen-bond donors (Lipinski definition) is 3. The molecule has 0 unspecified atom stereocenters. The normalized spacial score (nSPS) is 45.9. The van der Waals surface area contributed by atoms with Crippen molar-refractivity contribution < 1.29 is 24.6 Å². The first-order chi connectivity index (χ1) is 16.2. The molecule has 10 atom stereocenters. The number of aliphatic hydroxyl groups excluding tert-OH is 2. The predicted octanol–water partition coefficient (Wildman–Crippen LogP) is 5.32. The Bertz CT molecular complexity index is 899. The second-order valence-corrected chi connectivity index (χ2v) is 12.6. The minimum absolute atomic E-state index is 0.0139. The molecule has 4 fully saturated rings. The maximum absolute atomic E-state index is 11.8. The number of aromatic nitrogens is 1. The molecule has 4 aliphatic rings. The molecule has 0 spiro atoms. The van der Waals surface area contributed by atoms with Gasteiger partial charge in [-0.3, -0.25) is 0 Å². The zero-order chi connectivity index (χ0) is 24.3. The SMILES string of the molecule is CC[C@H]1[C@@H](O)[C@@H]2[C@H](CC[C@]3(C)[C@@H](CCCc4cc(C(=O)O)no4)CC[C@@H]23)[C@@]2(C)CC[C@@H](O)C[C@@H]12. The molecule has 4 aliphatic carbocycles. The molecule has 1 aromatic heterocycles. The molecule has 0 aliphatic heterocycles. The maximum atomic E-state index is 11.8. The van der Waals surface area contributed by atoms with Crippen molar-refractivity contribution in [3.8, 4) is 0 Å². The molecule has 4 saturated carbocycles. The monoisotopic (exact) mass is 473 g/mol. The Balaban J connectivity index is 1.30. The molecule has 0 saturated heterocycles. The van der Waals surface area contributed by atoms with Crippen LogP contribution in [0, 0.1) is 46.3 Å². The van der Waals surface area contributed by atoms with Crippen molar-refractivity contribution in [3.63, 3.8) is 0 Å². The van der Waals surface area contributed by atoms with Gasteiger partial charge in [0.05, 0.1) is 12.2 Å². The molecular formula is C28H43NO5. The van der Waals surface area contributed by atoms with Crippen LogP contribution in [0.1, 0.15) is 101 Å². The Labute approximate surface area is 203 Å². The lowest BCUT2D eigenvalue weighted by Gasteiger charge is -2.64. The number of rotatable bonds is 6. The van der Waals surface area contributed by atoms with Crippen LogP contribution in [-0.4, -0.2) is 38.7 Å². The van der Waals surface area contributed by atoms with Gasteiger partial charge in [0.25, 0.3) is 0 Å². The largest absolute Gasteiger partial charge is 0.476 e. The van der Waals surface area contributed by atoms with Gasteiger partial charge in [-0.2, -0.15) is 0 Å². The maximum Gasteiger partial charge on any atom is 0.358 e. The summed E-state index contributed by atoms with van der Waals surface area (Å²) in [6.45, 7) is 7.22. The number of hydrogen-bond acceptors (Lipinski definition) is 5. The summed E-state index contributed by atoms with van der Waals surface area (Å²) < 4.78 is 5.22. The molecule has 0 radical (unpaired) electrons. The highest BCUT2D eigenvalue weighted by Gasteiger charge is 2.64. The number of fused-ring (bicyclic) bond motifs is 5. The first kappa shape index (κ1) is 24.3. The molecule has 0 bridgehead atoms. The molecule has 190 valence electrons. The van der Waals surface area contributed by atoms with Crippen molar-refractivity contribution in [2.24, 2.45) is 46.3 Å². The summed E-state index contributed by atoms with van der Waals surface area (Å²) in [6, 6.07) is 1.55. The van der Waals surface area contributed by atoms with E-state index in [1.165, 1.54) is 25.7 Å². The van der Waals surface area contributed by atoms with Crippen LogP contribution in [-0.2, 0) is 6.42 Å². The fraction of sp³-hybridized carbons (Fsp3) is 0.857. The molecule has 34 heavy (non-hydrogen) atoms. The van der Waals surface area contributed by atoms with Gasteiger partial charge in [-0.1, -0.05) is 32.3 Å². The van der Waals surface area contributed by atoms with Crippen molar-refractivity contribution in [1.82, 2.24) is 5.16 Å². The molecule has 5 rings (SSSR count). The number of nitrogens with zero attached hydrogens (tertiary/aromatic N) is 1. The lowest BCUT2D eigenvalue weighted by Crippen LogP contribution is -2.62. The highest BCUT2D eigenvalue weighted by molar-refractivity contribution is 5.85. The van der Waals surface area contributed by atoms with E-state index in [4.69, 9.17) is 9.63 Å². The zero-order valence-electron chi connectivity index (χ0n) is 21.1. The van der Waals surface area contributed by atoms with Gasteiger partial charge in [-0.05, 0) is 104 Å². The minimum atomic E-state index is -1.04. The van der Waals surface area contributed by atoms with E-state index >= 15 is 0 Å². The Morgan fingerprint density at radius 1 is 1.09 bits per heavy atom. The Kier molecular flexibility index (Phi) is 6.37. The van der Waals surface area contributed by atoms with Crippen LogP contribution < -0.4 is 0 Å².